The van der Waals surface area contributed by atoms with Crippen molar-refractivity contribution in [2.24, 2.45) is 5.73 Å². The number of primary amides is 1. The Morgan fingerprint density at radius 3 is 2.89 bits per heavy atom. The van der Waals surface area contributed by atoms with Crippen LogP contribution in [0.5, 0.6) is 0 Å². The summed E-state index contributed by atoms with van der Waals surface area (Å²) in [5.74, 6) is 0.649. The van der Waals surface area contributed by atoms with Crippen LogP contribution < -0.4 is 11.1 Å². The minimum Gasteiger partial charge on any atom is -0.365 e. The van der Waals surface area contributed by atoms with E-state index in [4.69, 9.17) is 5.73 Å². The lowest BCUT2D eigenvalue weighted by atomic mass is 10.2. The first kappa shape index (κ1) is 12.0. The minimum absolute atomic E-state index is 0.364. The number of hydrogen-bond donors (Lipinski definition) is 2. The zero-order chi connectivity index (χ0) is 13.0. The number of hydrogen-bond acceptors (Lipinski definition) is 5. The van der Waals surface area contributed by atoms with Gasteiger partial charge in [-0.25, -0.2) is 15.0 Å². The predicted octanol–water partition coefficient (Wildman–Crippen LogP) is 0.891. The Kier molecular flexibility index (Phi) is 3.47. The first-order valence-electron chi connectivity index (χ1n) is 5.44. The van der Waals surface area contributed by atoms with Crippen molar-refractivity contribution in [3.63, 3.8) is 0 Å². The molecule has 0 fully saturated rings. The van der Waals surface area contributed by atoms with Gasteiger partial charge in [-0.1, -0.05) is 0 Å². The van der Waals surface area contributed by atoms with Crippen molar-refractivity contribution in [1.29, 1.82) is 0 Å². The lowest BCUT2D eigenvalue weighted by Crippen LogP contribution is -2.15. The summed E-state index contributed by atoms with van der Waals surface area (Å²) in [7, 11) is 0. The Labute approximate surface area is 104 Å². The largest absolute Gasteiger partial charge is 0.365 e. The highest BCUT2D eigenvalue weighted by atomic mass is 16.1. The maximum atomic E-state index is 11.2. The van der Waals surface area contributed by atoms with Gasteiger partial charge in [0.1, 0.15) is 11.6 Å². The average molecular weight is 243 g/mol. The first-order valence-corrected chi connectivity index (χ1v) is 5.44. The summed E-state index contributed by atoms with van der Waals surface area (Å²) in [6, 6.07) is 5.09. The van der Waals surface area contributed by atoms with Crippen molar-refractivity contribution in [3.8, 4) is 0 Å². The summed E-state index contributed by atoms with van der Waals surface area (Å²) >= 11 is 0. The average Bonchev–Trinajstić information content (AvgIpc) is 2.37. The van der Waals surface area contributed by atoms with E-state index in [0.29, 0.717) is 23.8 Å². The van der Waals surface area contributed by atoms with Crippen molar-refractivity contribution >= 4 is 11.7 Å². The molecule has 0 spiro atoms. The summed E-state index contributed by atoms with van der Waals surface area (Å²) < 4.78 is 0. The van der Waals surface area contributed by atoms with Gasteiger partial charge in [-0.15, -0.1) is 0 Å². The second-order valence-electron chi connectivity index (χ2n) is 3.71. The topological polar surface area (TPSA) is 93.8 Å². The van der Waals surface area contributed by atoms with Crippen LogP contribution in [0.3, 0.4) is 0 Å². The van der Waals surface area contributed by atoms with Crippen LogP contribution in [0, 0.1) is 6.92 Å². The number of aryl methyl sites for hydroxylation is 1. The molecule has 0 atom stereocenters. The molecule has 0 saturated heterocycles. The number of amides is 1. The molecule has 0 bridgehead atoms. The van der Waals surface area contributed by atoms with E-state index < -0.39 is 5.91 Å². The first-order chi connectivity index (χ1) is 8.66. The Bertz CT molecular complexity index is 570. The number of nitrogens with two attached hydrogens (primary N) is 1. The van der Waals surface area contributed by atoms with Gasteiger partial charge in [-0.2, -0.15) is 0 Å². The molecule has 6 heteroatoms. The van der Waals surface area contributed by atoms with Crippen molar-refractivity contribution in [2.45, 2.75) is 13.5 Å². The third-order valence-corrected chi connectivity index (χ3v) is 2.34. The van der Waals surface area contributed by atoms with E-state index in [1.165, 1.54) is 0 Å². The Balaban J connectivity index is 2.13. The number of aromatic nitrogens is 3. The maximum absolute atomic E-state index is 11.2. The fraction of sp³-hybridized carbons (Fsp3) is 0.167. The monoisotopic (exact) mass is 243 g/mol. The Morgan fingerprint density at radius 1 is 1.33 bits per heavy atom. The van der Waals surface area contributed by atoms with Crippen LogP contribution in [0.1, 0.15) is 21.9 Å². The van der Waals surface area contributed by atoms with Gasteiger partial charge < -0.3 is 11.1 Å². The van der Waals surface area contributed by atoms with Crippen molar-refractivity contribution < 1.29 is 4.79 Å². The fourth-order valence-electron chi connectivity index (χ4n) is 1.52. The van der Waals surface area contributed by atoms with Crippen molar-refractivity contribution in [2.75, 3.05) is 5.32 Å². The third kappa shape index (κ3) is 2.79. The number of carbonyl (C=O) groups is 1. The second-order valence-corrected chi connectivity index (χ2v) is 3.71. The quantitative estimate of drug-likeness (QED) is 0.831. The molecule has 2 aromatic heterocycles. The minimum atomic E-state index is -0.510. The Morgan fingerprint density at radius 2 is 2.17 bits per heavy atom. The predicted molar refractivity (Wildman–Crippen MR) is 66.9 cm³/mol. The van der Waals surface area contributed by atoms with E-state index in [0.717, 1.165) is 5.69 Å². The summed E-state index contributed by atoms with van der Waals surface area (Å²) in [5.41, 5.74) is 6.45. The molecule has 6 nitrogen and oxygen atoms in total. The van der Waals surface area contributed by atoms with E-state index in [1.807, 2.05) is 6.92 Å². The Hall–Kier alpha value is -2.50. The van der Waals surface area contributed by atoms with Gasteiger partial charge in [0, 0.05) is 12.4 Å². The number of carbonyl (C=O) groups excluding carboxylic acids is 1. The maximum Gasteiger partial charge on any atom is 0.252 e. The van der Waals surface area contributed by atoms with Gasteiger partial charge in [0.2, 0.25) is 0 Å². The van der Waals surface area contributed by atoms with Crippen LogP contribution in [0.25, 0.3) is 0 Å². The van der Waals surface area contributed by atoms with Gasteiger partial charge in [0.25, 0.3) is 5.91 Å². The molecule has 0 aliphatic carbocycles. The highest BCUT2D eigenvalue weighted by Crippen LogP contribution is 2.11. The van der Waals surface area contributed by atoms with Gasteiger partial charge in [-0.05, 0) is 25.1 Å². The normalized spacial score (nSPS) is 10.1. The fourth-order valence-corrected chi connectivity index (χ4v) is 1.52. The molecule has 0 aliphatic heterocycles. The summed E-state index contributed by atoms with van der Waals surface area (Å²) in [5, 5.41) is 3.04. The van der Waals surface area contributed by atoms with Gasteiger partial charge in [0.15, 0.2) is 0 Å². The molecular weight excluding hydrogens is 230 g/mol. The zero-order valence-electron chi connectivity index (χ0n) is 9.92. The highest BCUT2D eigenvalue weighted by Gasteiger charge is 2.08. The SMILES string of the molecule is Cc1nccc(CNc2ncccc2C(N)=O)n1. The molecule has 0 aliphatic rings. The van der Waals surface area contributed by atoms with Crippen LogP contribution in [-0.2, 0) is 6.54 Å². The van der Waals surface area contributed by atoms with Crippen LogP contribution >= 0.6 is 0 Å². The lowest BCUT2D eigenvalue weighted by Gasteiger charge is -2.08. The smallest absolute Gasteiger partial charge is 0.252 e. The van der Waals surface area contributed by atoms with E-state index in [2.05, 4.69) is 20.3 Å². The number of nitrogens with one attached hydrogen (secondary N) is 1. The molecule has 18 heavy (non-hydrogen) atoms. The van der Waals surface area contributed by atoms with E-state index in [-0.39, 0.29) is 0 Å². The van der Waals surface area contributed by atoms with Gasteiger partial charge in [-0.3, -0.25) is 4.79 Å². The van der Waals surface area contributed by atoms with Crippen molar-refractivity contribution in [3.05, 3.63) is 47.7 Å². The number of rotatable bonds is 4. The summed E-state index contributed by atoms with van der Waals surface area (Å²) in [6.45, 7) is 2.28. The molecule has 0 aromatic carbocycles. The molecule has 1 amide bonds. The molecule has 2 aromatic rings. The van der Waals surface area contributed by atoms with Crippen LogP contribution in [-0.4, -0.2) is 20.9 Å². The molecule has 2 rings (SSSR count). The van der Waals surface area contributed by atoms with Crippen LogP contribution in [0.2, 0.25) is 0 Å². The van der Waals surface area contributed by atoms with E-state index in [1.54, 1.807) is 30.6 Å². The number of nitrogens with zero attached hydrogens (tertiary/aromatic N) is 3. The summed E-state index contributed by atoms with van der Waals surface area (Å²) in [4.78, 5) is 23.5. The number of anilines is 1. The number of pyridine rings is 1. The highest BCUT2D eigenvalue weighted by molar-refractivity contribution is 5.97. The molecular formula is C12H13N5O. The molecule has 0 unspecified atom stereocenters. The van der Waals surface area contributed by atoms with E-state index in [9.17, 15) is 4.79 Å². The van der Waals surface area contributed by atoms with Crippen LogP contribution in [0.4, 0.5) is 5.82 Å². The van der Waals surface area contributed by atoms with Gasteiger partial charge in [0.05, 0.1) is 17.8 Å². The van der Waals surface area contributed by atoms with Crippen molar-refractivity contribution in [1.82, 2.24) is 15.0 Å². The molecule has 92 valence electrons. The van der Waals surface area contributed by atoms with Crippen LogP contribution in [0.15, 0.2) is 30.6 Å². The second kappa shape index (κ2) is 5.22. The third-order valence-electron chi connectivity index (χ3n) is 2.34. The standard InChI is InChI=1S/C12H13N5O/c1-8-14-6-4-9(17-8)7-16-12-10(11(13)18)3-2-5-15-12/h2-6H,7H2,1H3,(H2,13,18)(H,15,16). The molecule has 2 heterocycles. The van der Waals surface area contributed by atoms with Gasteiger partial charge >= 0.3 is 0 Å². The molecule has 0 radical (unpaired) electrons. The zero-order valence-corrected chi connectivity index (χ0v) is 9.92. The van der Waals surface area contributed by atoms with E-state index >= 15 is 0 Å². The molecule has 0 saturated carbocycles. The molecule has 3 N–H and O–H groups in total. The lowest BCUT2D eigenvalue weighted by molar-refractivity contribution is 0.100. The summed E-state index contributed by atoms with van der Waals surface area (Å²) in [6.07, 6.45) is 3.28.